The first kappa shape index (κ1) is 24.1. The summed E-state index contributed by atoms with van der Waals surface area (Å²) in [6.45, 7) is 1.69. The van der Waals surface area contributed by atoms with Crippen molar-refractivity contribution in [2.75, 3.05) is 18.8 Å². The van der Waals surface area contributed by atoms with Crippen LogP contribution >= 0.6 is 11.8 Å². The summed E-state index contributed by atoms with van der Waals surface area (Å²) in [6, 6.07) is 10.1. The highest BCUT2D eigenvalue weighted by molar-refractivity contribution is 8.18. The van der Waals surface area contributed by atoms with E-state index in [1.807, 2.05) is 24.3 Å². The first-order valence-corrected chi connectivity index (χ1v) is 13.2. The number of nitrogens with zero attached hydrogens (tertiary/aromatic N) is 3. The fourth-order valence-corrected chi connectivity index (χ4v) is 5.99. The molecule has 2 aromatic rings. The van der Waals surface area contributed by atoms with Crippen molar-refractivity contribution in [1.29, 1.82) is 0 Å². The molecule has 4 rings (SSSR count). The fourth-order valence-electron chi connectivity index (χ4n) is 3.89. The number of fused-ring (bicyclic) bond motifs is 1. The number of sulfonamides is 1. The topological polar surface area (TPSA) is 117 Å². The Labute approximate surface area is 202 Å². The smallest absolute Gasteiger partial charge is 0.293 e. The van der Waals surface area contributed by atoms with Crippen molar-refractivity contribution in [3.63, 3.8) is 0 Å². The van der Waals surface area contributed by atoms with Crippen LogP contribution in [0.15, 0.2) is 53.7 Å². The van der Waals surface area contributed by atoms with E-state index in [2.05, 4.69) is 10.3 Å². The molecule has 2 aliphatic heterocycles. The van der Waals surface area contributed by atoms with Gasteiger partial charge in [0.2, 0.25) is 15.9 Å². The van der Waals surface area contributed by atoms with Crippen LogP contribution in [0.1, 0.15) is 23.6 Å². The maximum atomic E-state index is 13.0. The molecule has 0 bridgehead atoms. The first-order valence-electron chi connectivity index (χ1n) is 10.8. The molecule has 9 nitrogen and oxygen atoms in total. The van der Waals surface area contributed by atoms with Gasteiger partial charge in [0.15, 0.2) is 0 Å². The zero-order valence-electron chi connectivity index (χ0n) is 18.5. The molecular formula is C23H24N4O5S2. The fraction of sp³-hybridized carbons (Fsp3) is 0.304. The van der Waals surface area contributed by atoms with Gasteiger partial charge in [-0.05, 0) is 53.9 Å². The molecule has 0 radical (unpaired) electrons. The highest BCUT2D eigenvalue weighted by Gasteiger charge is 2.38. The number of aromatic nitrogens is 1. The van der Waals surface area contributed by atoms with Crippen LogP contribution in [-0.2, 0) is 32.6 Å². The zero-order chi connectivity index (χ0) is 24.3. The average molecular weight is 501 g/mol. The van der Waals surface area contributed by atoms with Gasteiger partial charge in [-0.3, -0.25) is 24.3 Å². The van der Waals surface area contributed by atoms with Crippen LogP contribution in [0.25, 0.3) is 6.08 Å². The van der Waals surface area contributed by atoms with Crippen molar-refractivity contribution in [3.8, 4) is 0 Å². The summed E-state index contributed by atoms with van der Waals surface area (Å²) in [5, 5.41) is 2.29. The summed E-state index contributed by atoms with van der Waals surface area (Å²) in [5.41, 5.74) is 2.51. The molecule has 1 fully saturated rings. The third-order valence-electron chi connectivity index (χ3n) is 5.72. The predicted octanol–water partition coefficient (Wildman–Crippen LogP) is 2.01. The molecule has 1 saturated heterocycles. The number of thioether (sulfide) groups is 1. The summed E-state index contributed by atoms with van der Waals surface area (Å²) >= 11 is 0.833. The number of imide groups is 1. The molecule has 178 valence electrons. The number of amides is 3. The van der Waals surface area contributed by atoms with Crippen molar-refractivity contribution in [1.82, 2.24) is 19.5 Å². The Balaban J connectivity index is 1.41. The summed E-state index contributed by atoms with van der Waals surface area (Å²) in [5.74, 6) is -1.00. The molecule has 0 unspecified atom stereocenters. The lowest BCUT2D eigenvalue weighted by Crippen LogP contribution is -2.53. The third-order valence-corrected chi connectivity index (χ3v) is 8.46. The Morgan fingerprint density at radius 3 is 2.68 bits per heavy atom. The van der Waals surface area contributed by atoms with Crippen molar-refractivity contribution in [3.05, 3.63) is 70.4 Å². The second kappa shape index (κ2) is 10.1. The van der Waals surface area contributed by atoms with Crippen LogP contribution < -0.4 is 5.32 Å². The van der Waals surface area contributed by atoms with Gasteiger partial charge in [0.05, 0.1) is 10.7 Å². The lowest BCUT2D eigenvalue weighted by molar-refractivity contribution is -0.126. The molecule has 34 heavy (non-hydrogen) atoms. The monoisotopic (exact) mass is 500 g/mol. The SMILES string of the molecule is CCS(=O)(=O)N1Cc2ccccc2C[C@@H]1C(=O)NCCN1C(=O)S/C(=C\c2cccnc2)C1=O. The van der Waals surface area contributed by atoms with Crippen molar-refractivity contribution < 1.29 is 22.8 Å². The summed E-state index contributed by atoms with van der Waals surface area (Å²) in [6.07, 6.45) is 5.07. The lowest BCUT2D eigenvalue weighted by atomic mass is 9.95. The average Bonchev–Trinajstić information content (AvgIpc) is 3.11. The molecule has 0 spiro atoms. The van der Waals surface area contributed by atoms with Gasteiger partial charge >= 0.3 is 0 Å². The van der Waals surface area contributed by atoms with E-state index < -0.39 is 33.1 Å². The van der Waals surface area contributed by atoms with Crippen LogP contribution in [-0.4, -0.2) is 64.5 Å². The maximum absolute atomic E-state index is 13.0. The van der Waals surface area contributed by atoms with Crippen molar-refractivity contribution >= 4 is 44.9 Å². The van der Waals surface area contributed by atoms with E-state index in [-0.39, 0.29) is 36.7 Å². The summed E-state index contributed by atoms with van der Waals surface area (Å²) in [7, 11) is -3.62. The minimum Gasteiger partial charge on any atom is -0.353 e. The molecule has 1 atom stereocenters. The van der Waals surface area contributed by atoms with Gasteiger partial charge < -0.3 is 5.32 Å². The van der Waals surface area contributed by atoms with E-state index in [4.69, 9.17) is 0 Å². The molecule has 3 amide bonds. The van der Waals surface area contributed by atoms with E-state index in [1.54, 1.807) is 37.5 Å². The minimum absolute atomic E-state index is 0.00930. The highest BCUT2D eigenvalue weighted by Crippen LogP contribution is 2.32. The van der Waals surface area contributed by atoms with Crippen LogP contribution in [0, 0.1) is 0 Å². The van der Waals surface area contributed by atoms with E-state index >= 15 is 0 Å². The number of carbonyl (C=O) groups excluding carboxylic acids is 3. The van der Waals surface area contributed by atoms with Crippen LogP contribution in [0.2, 0.25) is 0 Å². The van der Waals surface area contributed by atoms with Gasteiger partial charge in [-0.25, -0.2) is 8.42 Å². The molecule has 1 N–H and O–H groups in total. The van der Waals surface area contributed by atoms with Gasteiger partial charge in [-0.1, -0.05) is 30.3 Å². The Kier molecular flexibility index (Phi) is 7.15. The van der Waals surface area contributed by atoms with Gasteiger partial charge in [0.1, 0.15) is 6.04 Å². The second-order valence-electron chi connectivity index (χ2n) is 7.85. The normalized spacial score (nSPS) is 20.0. The van der Waals surface area contributed by atoms with Gasteiger partial charge in [0, 0.05) is 32.0 Å². The Morgan fingerprint density at radius 1 is 1.21 bits per heavy atom. The summed E-state index contributed by atoms with van der Waals surface area (Å²) in [4.78, 5) is 43.3. The van der Waals surface area contributed by atoms with Crippen LogP contribution in [0.5, 0.6) is 0 Å². The number of carbonyl (C=O) groups is 3. The highest BCUT2D eigenvalue weighted by atomic mass is 32.2. The van der Waals surface area contributed by atoms with E-state index in [0.717, 1.165) is 27.8 Å². The molecule has 2 aliphatic rings. The number of nitrogens with one attached hydrogen (secondary N) is 1. The second-order valence-corrected chi connectivity index (χ2v) is 11.0. The van der Waals surface area contributed by atoms with Gasteiger partial charge in [-0.15, -0.1) is 0 Å². The number of hydrogen-bond donors (Lipinski definition) is 1. The van der Waals surface area contributed by atoms with Crippen LogP contribution in [0.4, 0.5) is 4.79 Å². The van der Waals surface area contributed by atoms with E-state index in [0.29, 0.717) is 5.56 Å². The molecule has 11 heteroatoms. The predicted molar refractivity (Wildman–Crippen MR) is 129 cm³/mol. The molecule has 1 aromatic carbocycles. The molecule has 0 saturated carbocycles. The van der Waals surface area contributed by atoms with Crippen molar-refractivity contribution in [2.24, 2.45) is 0 Å². The lowest BCUT2D eigenvalue weighted by Gasteiger charge is -2.34. The van der Waals surface area contributed by atoms with E-state index in [1.165, 1.54) is 4.31 Å². The summed E-state index contributed by atoms with van der Waals surface area (Å²) < 4.78 is 26.6. The molecular weight excluding hydrogens is 476 g/mol. The maximum Gasteiger partial charge on any atom is 0.293 e. The Bertz CT molecular complexity index is 1250. The largest absolute Gasteiger partial charge is 0.353 e. The number of hydrogen-bond acceptors (Lipinski definition) is 7. The number of rotatable bonds is 7. The first-order chi connectivity index (χ1) is 16.3. The molecule has 3 heterocycles. The van der Waals surface area contributed by atoms with Crippen molar-refractivity contribution in [2.45, 2.75) is 25.9 Å². The third kappa shape index (κ3) is 5.06. The van der Waals surface area contributed by atoms with Crippen LogP contribution in [0.3, 0.4) is 0 Å². The number of pyridine rings is 1. The quantitative estimate of drug-likeness (QED) is 0.578. The Hall–Kier alpha value is -3.02. The number of benzene rings is 1. The minimum atomic E-state index is -3.62. The van der Waals surface area contributed by atoms with Gasteiger partial charge in [0.25, 0.3) is 11.1 Å². The van der Waals surface area contributed by atoms with E-state index in [9.17, 15) is 22.8 Å². The standard InChI is InChI=1S/C23H24N4O5S2/c1-2-34(31,32)27-15-18-8-4-3-7-17(18)13-19(27)21(28)25-10-11-26-22(29)20(33-23(26)30)12-16-6-5-9-24-14-16/h3-9,12,14,19H,2,10-11,13,15H2,1H3,(H,25,28)/b20-12-/t19-/m1/s1. The van der Waals surface area contributed by atoms with Gasteiger partial charge in [-0.2, -0.15) is 4.31 Å². The zero-order valence-corrected chi connectivity index (χ0v) is 20.1. The molecule has 1 aromatic heterocycles. The Morgan fingerprint density at radius 2 is 1.97 bits per heavy atom. The molecule has 0 aliphatic carbocycles.